The van der Waals surface area contributed by atoms with Gasteiger partial charge in [-0.2, -0.15) is 0 Å². The summed E-state index contributed by atoms with van der Waals surface area (Å²) in [5, 5.41) is 13.0. The molecule has 0 spiro atoms. The van der Waals surface area contributed by atoms with Crippen LogP contribution < -0.4 is 0 Å². The quantitative estimate of drug-likeness (QED) is 0.147. The highest BCUT2D eigenvalue weighted by Gasteiger charge is 2.26. The van der Waals surface area contributed by atoms with Crippen LogP contribution in [0.1, 0.15) is 261 Å². The first-order valence-corrected chi connectivity index (χ1v) is 40.9. The van der Waals surface area contributed by atoms with Crippen LogP contribution in [-0.2, 0) is 32.5 Å². The van der Waals surface area contributed by atoms with Crippen LogP contribution in [0.15, 0.2) is 223 Å². The number of rotatable bonds is 0. The molecule has 0 unspecified atom stereocenters. The summed E-state index contributed by atoms with van der Waals surface area (Å²) in [7, 11) is 0. The van der Waals surface area contributed by atoms with E-state index in [2.05, 4.69) is 177 Å². The molecule has 0 atom stereocenters. The topological polar surface area (TPSA) is 13.1 Å². The van der Waals surface area contributed by atoms with Crippen molar-refractivity contribution >= 4 is 179 Å². The maximum atomic E-state index is 8.03. The minimum atomic E-state index is -2.20. The van der Waals surface area contributed by atoms with Crippen molar-refractivity contribution in [2.75, 3.05) is 0 Å². The third-order valence-electron chi connectivity index (χ3n) is 19.9. The summed E-state index contributed by atoms with van der Waals surface area (Å²) in [6, 6.07) is 72.0. The molecule has 0 radical (unpaired) electrons. The van der Waals surface area contributed by atoms with Crippen molar-refractivity contribution in [1.29, 1.82) is 0 Å². The summed E-state index contributed by atoms with van der Waals surface area (Å²) in [5.74, 6) is 0. The highest BCUT2D eigenvalue weighted by atomic mass is 32.1. The van der Waals surface area contributed by atoms with Crippen LogP contribution in [0.5, 0.6) is 0 Å². The summed E-state index contributed by atoms with van der Waals surface area (Å²) in [6.45, 7) is 24.6. The van der Waals surface area contributed by atoms with Gasteiger partial charge in [-0.3, -0.25) is 0 Å². The van der Waals surface area contributed by atoms with E-state index < -0.39 is 41.1 Å². The number of benzene rings is 12. The number of fused-ring (bicyclic) bond motifs is 18. The van der Waals surface area contributed by atoms with E-state index in [1.165, 1.54) is 29.6 Å². The van der Waals surface area contributed by atoms with Gasteiger partial charge in [0.05, 0.1) is 0 Å². The van der Waals surface area contributed by atoms with Gasteiger partial charge in [-0.25, -0.2) is 0 Å². The van der Waals surface area contributed by atoms with E-state index in [4.69, 9.17) is 29.1 Å². The summed E-state index contributed by atoms with van der Waals surface area (Å²) in [5.41, 5.74) is 8.22. The van der Waals surface area contributed by atoms with E-state index >= 15 is 0 Å². The average molecular weight is 1620 g/mol. The lowest BCUT2D eigenvalue weighted by Gasteiger charge is -2.23. The number of hydrogen-bond acceptors (Lipinski definition) is 6. The Kier molecular flexibility index (Phi) is 21.4. The van der Waals surface area contributed by atoms with Crippen molar-refractivity contribution in [1.82, 2.24) is 0 Å². The van der Waals surface area contributed by atoms with Gasteiger partial charge in [0.1, 0.15) is 11.2 Å². The second-order valence-electron chi connectivity index (χ2n) is 34.3. The van der Waals surface area contributed by atoms with Gasteiger partial charge in [0.15, 0.2) is 0 Å². The van der Waals surface area contributed by atoms with Crippen molar-refractivity contribution in [3.8, 4) is 0 Å². The Hall–Kier alpha value is -8.46. The van der Waals surface area contributed by atoms with Crippen molar-refractivity contribution in [2.45, 2.75) is 243 Å². The molecular formula is C108H132OS5. The molecule has 18 aromatic rings. The van der Waals surface area contributed by atoms with Crippen molar-refractivity contribution in [3.63, 3.8) is 0 Å². The first-order valence-electron chi connectivity index (χ1n) is 45.9. The molecule has 6 heterocycles. The smallest absolute Gasteiger partial charge is 0.138 e. The Balaban J connectivity index is 0.000000214. The molecule has 0 saturated heterocycles. The zero-order valence-corrected chi connectivity index (χ0v) is 69.3. The molecule has 0 aliphatic carbocycles. The molecule has 114 heavy (non-hydrogen) atoms. The molecule has 0 bridgehead atoms. The molecule has 0 fully saturated rings. The van der Waals surface area contributed by atoms with Crippen LogP contribution in [0.25, 0.3) is 123 Å². The number of thiophene rings is 5. The van der Waals surface area contributed by atoms with E-state index in [1.807, 2.05) is 154 Å². The lowest BCUT2D eigenvalue weighted by atomic mass is 9.81. The Morgan fingerprint density at radius 3 is 1.10 bits per heavy atom. The van der Waals surface area contributed by atoms with Crippen LogP contribution in [0.3, 0.4) is 0 Å². The Morgan fingerprint density at radius 2 is 0.596 bits per heavy atom. The maximum absolute atomic E-state index is 8.03. The third-order valence-corrected chi connectivity index (χ3v) is 25.7. The summed E-state index contributed by atoms with van der Waals surface area (Å²) >= 11 is 8.47. The second-order valence-corrected chi connectivity index (χ2v) is 39.7. The summed E-state index contributed by atoms with van der Waals surface area (Å²) in [4.78, 5) is 0. The molecule has 0 aliphatic rings. The molecule has 6 aromatic heterocycles. The molecule has 18 rings (SSSR count). The van der Waals surface area contributed by atoms with E-state index in [1.54, 1.807) is 68.8 Å². The van der Waals surface area contributed by atoms with Gasteiger partial charge >= 0.3 is 0 Å². The number of hydrogen-bond donors (Lipinski definition) is 0. The van der Waals surface area contributed by atoms with Crippen LogP contribution in [0.2, 0.25) is 0 Å². The highest BCUT2D eigenvalue weighted by molar-refractivity contribution is 7.27. The average Bonchev–Trinajstić information content (AvgIpc) is 1.59. The van der Waals surface area contributed by atoms with Gasteiger partial charge in [0.2, 0.25) is 0 Å². The van der Waals surface area contributed by atoms with Gasteiger partial charge in [-0.15, -0.1) is 56.7 Å². The fourth-order valence-electron chi connectivity index (χ4n) is 14.8. The van der Waals surface area contributed by atoms with Gasteiger partial charge in [-0.1, -0.05) is 315 Å². The van der Waals surface area contributed by atoms with Gasteiger partial charge in [-0.05, 0) is 213 Å². The Morgan fingerprint density at radius 1 is 0.237 bits per heavy atom. The molecule has 12 aromatic carbocycles. The zero-order chi connectivity index (χ0) is 92.5. The molecule has 0 N–H and O–H groups in total. The van der Waals surface area contributed by atoms with Crippen molar-refractivity contribution in [2.24, 2.45) is 0 Å². The minimum absolute atomic E-state index is 0. The number of furan rings is 1. The third kappa shape index (κ3) is 18.7. The lowest BCUT2D eigenvalue weighted by Crippen LogP contribution is -2.13. The van der Waals surface area contributed by atoms with E-state index in [9.17, 15) is 0 Å². The number of aryl methyl sites for hydroxylation is 6. The first-order chi connectivity index (χ1) is 58.1. The number of para-hydroxylation sites is 1. The van der Waals surface area contributed by atoms with Crippen LogP contribution in [0.4, 0.5) is 0 Å². The molecule has 1 nitrogen and oxygen atoms in total. The standard InChI is InChI=1S/C17H18O.5C17H18S.6CH4/c1-11-14(17(2,3)4)10-9-13-12-7-5-6-8-15(12)18-16(11)13;1-11-9-16-13(10-14(11)17(2,3)4)12-7-5-6-8-15(12)18-16;1-11-9-13-12-7-5-6-8-15(12)18-16(13)10-14(11)17(2,3)4;1-11-13(17(2,3)4)9-10-15-16(11)12-7-5-6-8-14(12)18-15;1-11-9-10-13-12-7-5-6-8-14(12)18-16(13)15(11)17(2,3)4;1-11-9-10-14-15(16(11)17(2,3)4)12-7-5-6-8-13(12)18-14;;;;;;/h6*5-10H,1-4H3;6*1H4/i6*1D3;;;;;;. The summed E-state index contributed by atoms with van der Waals surface area (Å²) in [6.07, 6.45) is 0. The fourth-order valence-corrected chi connectivity index (χ4v) is 20.7. The first kappa shape index (κ1) is 68.7. The Bertz CT molecular complexity index is 6610. The molecule has 600 valence electrons. The predicted octanol–water partition coefficient (Wildman–Crippen LogP) is 37.3. The van der Waals surface area contributed by atoms with E-state index in [0.717, 1.165) is 121 Å². The van der Waals surface area contributed by atoms with Crippen LogP contribution in [0, 0.1) is 41.1 Å². The van der Waals surface area contributed by atoms with Crippen LogP contribution >= 0.6 is 56.7 Å². The highest BCUT2D eigenvalue weighted by Crippen LogP contribution is 2.46. The minimum Gasteiger partial charge on any atom is -0.456 e. The molecule has 0 amide bonds. The second kappa shape index (κ2) is 35.6. The van der Waals surface area contributed by atoms with Gasteiger partial charge in [0, 0.05) is 136 Å². The van der Waals surface area contributed by atoms with Gasteiger partial charge in [0.25, 0.3) is 0 Å². The molecular weight excluding hydrogens is 1470 g/mol. The largest absolute Gasteiger partial charge is 0.456 e. The maximum Gasteiger partial charge on any atom is 0.138 e. The van der Waals surface area contributed by atoms with Crippen molar-refractivity contribution < 1.29 is 29.1 Å². The molecule has 0 saturated carbocycles. The normalized spacial score (nSPS) is 14.8. The monoisotopic (exact) mass is 1620 g/mol. The Labute approximate surface area is 731 Å². The van der Waals surface area contributed by atoms with Crippen LogP contribution in [-0.4, -0.2) is 0 Å². The van der Waals surface area contributed by atoms with E-state index in [-0.39, 0.29) is 77.0 Å². The van der Waals surface area contributed by atoms with Crippen molar-refractivity contribution in [3.05, 3.63) is 285 Å². The molecule has 0 aliphatic heterocycles. The SMILES string of the molecule is C.C.C.C.C.C.[2H]C([2H])([2H])c1c(C(C)(C)C)ccc2c1oc1ccccc12.[2H]C([2H])([2H])c1c(C(C)(C)C)ccc2sc3ccccc3c12.[2H]C([2H])([2H])c1cc2c(cc1C(C)(C)C)sc1ccccc12.[2H]C([2H])([2H])c1cc2sc3ccccc3c2cc1C(C)(C)C.[2H]C([2H])([2H])c1ccc2c(sc3ccccc32)c1C(C)(C)C.[2H]C([2H])([2H])c1ccc2sc3ccccc3c2c1C(C)(C)C. The fraction of sp³-hybridized carbons (Fsp3) is 0.333. The predicted molar refractivity (Wildman–Crippen MR) is 531 cm³/mol. The zero-order valence-electron chi connectivity index (χ0n) is 83.2. The van der Waals surface area contributed by atoms with E-state index in [0.29, 0.717) is 39.0 Å². The lowest BCUT2D eigenvalue weighted by molar-refractivity contribution is 0.582. The summed E-state index contributed by atoms with van der Waals surface area (Å²) < 4.78 is 159. The van der Waals surface area contributed by atoms with Gasteiger partial charge < -0.3 is 4.42 Å². The molecule has 6 heteroatoms.